The summed E-state index contributed by atoms with van der Waals surface area (Å²) in [7, 11) is 1.36. The van der Waals surface area contributed by atoms with Gasteiger partial charge < -0.3 is 24.1 Å². The van der Waals surface area contributed by atoms with Gasteiger partial charge in [0.2, 0.25) is 0 Å². The van der Waals surface area contributed by atoms with Crippen molar-refractivity contribution < 1.29 is 23.5 Å². The van der Waals surface area contributed by atoms with Gasteiger partial charge >= 0.3 is 13.6 Å². The van der Waals surface area contributed by atoms with Gasteiger partial charge in [-0.1, -0.05) is 11.1 Å². The minimum Gasteiger partial charge on any atom is -0.493 e. The Morgan fingerprint density at radius 3 is 2.62 bits per heavy atom. The average Bonchev–Trinajstić information content (AvgIpc) is 3.15. The first kappa shape index (κ1) is 26.4. The molecule has 0 aliphatic rings. The number of imidazole rings is 1. The predicted octanol–water partition coefficient (Wildman–Crippen LogP) is 3.54. The Labute approximate surface area is 196 Å². The topological polar surface area (TPSA) is 121 Å². The molecule has 0 aliphatic heterocycles. The zero-order valence-electron chi connectivity index (χ0n) is 18.0. The quantitative estimate of drug-likeness (QED) is 0.176. The zero-order valence-corrected chi connectivity index (χ0v) is 20.4. The molecule has 1 atom stereocenters. The van der Waals surface area contributed by atoms with Crippen molar-refractivity contribution in [3.8, 4) is 11.5 Å². The van der Waals surface area contributed by atoms with Gasteiger partial charge in [-0.3, -0.25) is 4.57 Å². The molecule has 1 N–H and O–H groups in total. The molecule has 0 bridgehead atoms. The van der Waals surface area contributed by atoms with Crippen LogP contribution >= 0.6 is 30.9 Å². The fourth-order valence-corrected chi connectivity index (χ4v) is 4.88. The fourth-order valence-electron chi connectivity index (χ4n) is 2.67. The number of aromatic nitrogens is 2. The number of alkyl halides is 2. The van der Waals surface area contributed by atoms with Gasteiger partial charge in [-0.05, 0) is 29.7 Å². The maximum absolute atomic E-state index is 13.2. The minimum atomic E-state index is -3.33. The fraction of sp³-hybridized carbons (Fsp3) is 0.500. The van der Waals surface area contributed by atoms with Crippen LogP contribution < -0.4 is 14.6 Å². The molecule has 178 valence electrons. The summed E-state index contributed by atoms with van der Waals surface area (Å²) in [5, 5.41) is 13.8. The Hall–Kier alpha value is -1.88. The molecular weight excluding hydrogens is 484 g/mol. The van der Waals surface area contributed by atoms with E-state index in [4.69, 9.17) is 37.2 Å². The monoisotopic (exact) mass is 509 g/mol. The van der Waals surface area contributed by atoms with Crippen LogP contribution in [-0.2, 0) is 29.4 Å². The summed E-state index contributed by atoms with van der Waals surface area (Å²) < 4.78 is 32.9. The van der Waals surface area contributed by atoms with Crippen LogP contribution in [-0.4, -0.2) is 58.2 Å². The van der Waals surface area contributed by atoms with Crippen molar-refractivity contribution in [1.29, 1.82) is 0 Å². The van der Waals surface area contributed by atoms with E-state index in [1.54, 1.807) is 32.3 Å². The Kier molecular flexibility index (Phi) is 10.2. The molecule has 0 amide bonds. The number of ether oxygens (including phenoxy) is 2. The van der Waals surface area contributed by atoms with E-state index in [1.807, 2.05) is 0 Å². The number of hydrogen-bond donors (Lipinski definition) is 1. The Morgan fingerprint density at radius 2 is 2.03 bits per heavy atom. The lowest BCUT2D eigenvalue weighted by Gasteiger charge is -2.27. The first-order valence-electron chi connectivity index (χ1n) is 9.53. The van der Waals surface area contributed by atoms with Crippen molar-refractivity contribution in [2.75, 3.05) is 39.0 Å². The van der Waals surface area contributed by atoms with Crippen molar-refractivity contribution in [3.05, 3.63) is 45.8 Å². The van der Waals surface area contributed by atoms with Crippen LogP contribution in [0.15, 0.2) is 24.4 Å². The largest absolute Gasteiger partial charge is 0.493 e. The van der Waals surface area contributed by atoms with Crippen molar-refractivity contribution >= 4 is 36.8 Å². The van der Waals surface area contributed by atoms with Gasteiger partial charge in [-0.2, -0.15) is 0 Å². The normalized spacial score (nSPS) is 13.2. The summed E-state index contributed by atoms with van der Waals surface area (Å²) >= 11 is 11.5. The van der Waals surface area contributed by atoms with Gasteiger partial charge in [0.1, 0.15) is 12.8 Å². The van der Waals surface area contributed by atoms with Gasteiger partial charge in [-0.15, -0.1) is 23.2 Å². The molecule has 14 heteroatoms. The lowest BCUT2D eigenvalue weighted by molar-refractivity contribution is -0.396. The number of nitro groups is 1. The highest BCUT2D eigenvalue weighted by atomic mass is 35.5. The van der Waals surface area contributed by atoms with Crippen LogP contribution in [0, 0.1) is 10.1 Å². The van der Waals surface area contributed by atoms with Gasteiger partial charge in [0.05, 0.1) is 20.8 Å². The smallest absolute Gasteiger partial charge is 0.434 e. The van der Waals surface area contributed by atoms with E-state index in [9.17, 15) is 14.7 Å². The summed E-state index contributed by atoms with van der Waals surface area (Å²) in [6, 6.07) is 5.13. The summed E-state index contributed by atoms with van der Waals surface area (Å²) in [6.45, 7) is 0.790. The summed E-state index contributed by atoms with van der Waals surface area (Å²) in [5.41, 5.74) is 1.23. The molecule has 1 aromatic carbocycles. The van der Waals surface area contributed by atoms with E-state index in [1.165, 1.54) is 22.5 Å². The highest BCUT2D eigenvalue weighted by Gasteiger charge is 2.28. The maximum atomic E-state index is 13.2. The molecule has 1 unspecified atom stereocenters. The number of methoxy groups -OCH3 is 1. The molecule has 2 rings (SSSR count). The van der Waals surface area contributed by atoms with E-state index in [-0.39, 0.29) is 25.0 Å². The number of hydrogen-bond acceptors (Lipinski definition) is 7. The van der Waals surface area contributed by atoms with Crippen LogP contribution in [0.1, 0.15) is 11.3 Å². The molecule has 0 fully saturated rings. The second-order valence-corrected chi connectivity index (χ2v) is 9.65. The molecule has 0 aliphatic carbocycles. The summed E-state index contributed by atoms with van der Waals surface area (Å²) in [4.78, 5) is 14.1. The SMILES string of the molecule is COc1cc(COP(=O)(NCCCl)N(C)CCCl)ccc1OCc1cnc([N+](=O)[O-])n1C. The zero-order chi connectivity index (χ0) is 23.7. The number of benzene rings is 1. The summed E-state index contributed by atoms with van der Waals surface area (Å²) in [5.74, 6) is 1.17. The van der Waals surface area contributed by atoms with Crippen LogP contribution in [0.2, 0.25) is 0 Å². The molecule has 1 aromatic heterocycles. The molecule has 0 spiro atoms. The third-order valence-corrected chi connectivity index (χ3v) is 7.06. The number of nitrogens with one attached hydrogen (secondary N) is 1. The lowest BCUT2D eigenvalue weighted by atomic mass is 10.2. The van der Waals surface area contributed by atoms with Crippen LogP contribution in [0.25, 0.3) is 0 Å². The Morgan fingerprint density at radius 1 is 1.28 bits per heavy atom. The first-order chi connectivity index (χ1) is 15.3. The maximum Gasteiger partial charge on any atom is 0.434 e. The predicted molar refractivity (Wildman–Crippen MR) is 122 cm³/mol. The molecular formula is C18H26Cl2N5O6P. The Balaban J connectivity index is 2.09. The number of rotatable bonds is 14. The van der Waals surface area contributed by atoms with E-state index in [2.05, 4.69) is 10.1 Å². The molecule has 11 nitrogen and oxygen atoms in total. The highest BCUT2D eigenvalue weighted by Crippen LogP contribution is 2.46. The van der Waals surface area contributed by atoms with E-state index in [0.717, 1.165) is 0 Å². The molecule has 32 heavy (non-hydrogen) atoms. The molecule has 0 radical (unpaired) electrons. The molecule has 2 aromatic rings. The second-order valence-electron chi connectivity index (χ2n) is 6.60. The van der Waals surface area contributed by atoms with E-state index in [0.29, 0.717) is 41.7 Å². The van der Waals surface area contributed by atoms with Crippen molar-refractivity contribution in [2.45, 2.75) is 13.2 Å². The van der Waals surface area contributed by atoms with Gasteiger partial charge in [0.15, 0.2) is 17.2 Å². The lowest BCUT2D eigenvalue weighted by Crippen LogP contribution is -2.29. The first-order valence-corrected chi connectivity index (χ1v) is 12.2. The summed E-state index contributed by atoms with van der Waals surface area (Å²) in [6.07, 6.45) is 1.38. The average molecular weight is 510 g/mol. The highest BCUT2D eigenvalue weighted by molar-refractivity contribution is 7.54. The van der Waals surface area contributed by atoms with Crippen molar-refractivity contribution in [3.63, 3.8) is 0 Å². The van der Waals surface area contributed by atoms with E-state index >= 15 is 0 Å². The Bertz CT molecular complexity index is 960. The van der Waals surface area contributed by atoms with E-state index < -0.39 is 12.6 Å². The van der Waals surface area contributed by atoms with Crippen LogP contribution in [0.3, 0.4) is 0 Å². The third-order valence-electron chi connectivity index (χ3n) is 4.50. The van der Waals surface area contributed by atoms with Gasteiger partial charge in [0, 0.05) is 24.8 Å². The molecule has 1 heterocycles. The number of nitrogens with zero attached hydrogens (tertiary/aromatic N) is 4. The third kappa shape index (κ3) is 6.81. The van der Waals surface area contributed by atoms with Crippen LogP contribution in [0.4, 0.5) is 5.95 Å². The van der Waals surface area contributed by atoms with Gasteiger partial charge in [0.25, 0.3) is 0 Å². The molecule has 0 saturated heterocycles. The number of halogens is 2. The van der Waals surface area contributed by atoms with Crippen molar-refractivity contribution in [2.24, 2.45) is 7.05 Å². The van der Waals surface area contributed by atoms with Gasteiger partial charge in [-0.25, -0.2) is 14.3 Å². The second kappa shape index (κ2) is 12.4. The standard InChI is InChI=1S/C18H26Cl2N5O6P/c1-23(9-7-20)32(28,22-8-6-19)31-12-14-4-5-16(17(10-14)29-3)30-13-15-11-21-18(24(15)2)25(26)27/h4-5,10-11H,6-9,12-13H2,1-3H3,(H,22,28). The minimum absolute atomic E-state index is 0.0454. The van der Waals surface area contributed by atoms with Crippen LogP contribution in [0.5, 0.6) is 11.5 Å². The van der Waals surface area contributed by atoms with Crippen molar-refractivity contribution in [1.82, 2.24) is 19.3 Å². The molecule has 0 saturated carbocycles.